The van der Waals surface area contributed by atoms with Crippen molar-refractivity contribution in [3.05, 3.63) is 76.5 Å². The number of nitrogens with zero attached hydrogens (tertiary/aromatic N) is 4. The second-order valence-corrected chi connectivity index (χ2v) is 5.99. The second kappa shape index (κ2) is 6.83. The fraction of sp³-hybridized carbons (Fsp3) is 0.105. The summed E-state index contributed by atoms with van der Waals surface area (Å²) in [7, 11) is 1.57. The van der Waals surface area contributed by atoms with Crippen molar-refractivity contribution in [3.8, 4) is 11.4 Å². The maximum Gasteiger partial charge on any atom is 0.280 e. The van der Waals surface area contributed by atoms with Crippen molar-refractivity contribution in [2.24, 2.45) is 0 Å². The molecule has 134 valence electrons. The molecule has 8 nitrogen and oxygen atoms in total. The molecule has 4 aromatic rings. The number of hydrogen-bond acceptors (Lipinski definition) is 6. The van der Waals surface area contributed by atoms with E-state index in [4.69, 9.17) is 4.52 Å². The minimum absolute atomic E-state index is 0.145. The summed E-state index contributed by atoms with van der Waals surface area (Å²) >= 11 is 0. The molecular weight excluding hydrogens is 346 g/mol. The highest BCUT2D eigenvalue weighted by molar-refractivity contribution is 5.93. The number of aromatic amines is 1. The predicted molar refractivity (Wildman–Crippen MR) is 97.9 cm³/mol. The topological polar surface area (TPSA) is 105 Å². The van der Waals surface area contributed by atoms with Gasteiger partial charge >= 0.3 is 0 Å². The van der Waals surface area contributed by atoms with Crippen LogP contribution in [0.25, 0.3) is 22.4 Å². The van der Waals surface area contributed by atoms with Gasteiger partial charge in [0.15, 0.2) is 11.5 Å². The summed E-state index contributed by atoms with van der Waals surface area (Å²) in [5.74, 6) is -0.0264. The molecule has 1 N–H and O–H groups in total. The summed E-state index contributed by atoms with van der Waals surface area (Å²) < 4.78 is 5.29. The van der Waals surface area contributed by atoms with Crippen LogP contribution in [0.2, 0.25) is 0 Å². The Hall–Kier alpha value is -3.81. The molecule has 0 saturated heterocycles. The second-order valence-electron chi connectivity index (χ2n) is 5.99. The smallest absolute Gasteiger partial charge is 0.280 e. The number of carbonyl (C=O) groups is 1. The number of fused-ring (bicyclic) bond motifs is 1. The average Bonchev–Trinajstić information content (AvgIpc) is 3.16. The summed E-state index contributed by atoms with van der Waals surface area (Å²) in [6.45, 7) is 0.145. The van der Waals surface area contributed by atoms with E-state index in [9.17, 15) is 9.59 Å². The number of amides is 1. The number of carbonyl (C=O) groups excluding carboxylic acids is 1. The van der Waals surface area contributed by atoms with Crippen molar-refractivity contribution in [2.75, 3.05) is 7.05 Å². The van der Waals surface area contributed by atoms with Crippen molar-refractivity contribution in [1.82, 2.24) is 25.0 Å². The lowest BCUT2D eigenvalue weighted by Gasteiger charge is -2.14. The van der Waals surface area contributed by atoms with Gasteiger partial charge in [0.1, 0.15) is 5.69 Å². The molecule has 0 bridgehead atoms. The quantitative estimate of drug-likeness (QED) is 0.598. The molecule has 0 saturated carbocycles. The highest BCUT2D eigenvalue weighted by Gasteiger charge is 2.20. The van der Waals surface area contributed by atoms with Gasteiger partial charge in [0.2, 0.25) is 0 Å². The Bertz CT molecular complexity index is 1170. The first-order valence-electron chi connectivity index (χ1n) is 8.23. The molecule has 8 heteroatoms. The predicted octanol–water partition coefficient (Wildman–Crippen LogP) is 2.25. The van der Waals surface area contributed by atoms with Crippen LogP contribution in [0.15, 0.2) is 64.0 Å². The highest BCUT2D eigenvalue weighted by atomic mass is 16.5. The molecule has 27 heavy (non-hydrogen) atoms. The Balaban J connectivity index is 1.56. The van der Waals surface area contributed by atoms with E-state index in [-0.39, 0.29) is 12.2 Å². The number of aromatic nitrogens is 4. The number of para-hydroxylation sites is 2. The van der Waals surface area contributed by atoms with Gasteiger partial charge < -0.3 is 14.4 Å². The van der Waals surface area contributed by atoms with Crippen LogP contribution in [-0.2, 0) is 6.54 Å². The van der Waals surface area contributed by atoms with Crippen LogP contribution in [0.1, 0.15) is 16.2 Å². The van der Waals surface area contributed by atoms with E-state index in [1.807, 2.05) is 18.2 Å². The summed E-state index contributed by atoms with van der Waals surface area (Å²) in [6, 6.07) is 14.2. The van der Waals surface area contributed by atoms with Crippen molar-refractivity contribution >= 4 is 16.9 Å². The first-order chi connectivity index (χ1) is 13.1. The van der Waals surface area contributed by atoms with Gasteiger partial charge in [0.05, 0.1) is 23.3 Å². The summed E-state index contributed by atoms with van der Waals surface area (Å²) in [5.41, 5.74) is 1.68. The standard InChI is InChI=1S/C19H15N5O3/c1-24(11-12-10-16(23-27-12)13-6-4-5-9-20-13)19(26)17-18(25)22-15-8-3-2-7-14(15)21-17/h2-10H,11H2,1H3,(H,22,25). The lowest BCUT2D eigenvalue weighted by Crippen LogP contribution is -2.32. The highest BCUT2D eigenvalue weighted by Crippen LogP contribution is 2.17. The molecule has 4 rings (SSSR count). The lowest BCUT2D eigenvalue weighted by molar-refractivity contribution is 0.0765. The molecule has 0 aliphatic heterocycles. The summed E-state index contributed by atoms with van der Waals surface area (Å²) in [5, 5.41) is 3.97. The number of rotatable bonds is 4. The van der Waals surface area contributed by atoms with Crippen molar-refractivity contribution in [3.63, 3.8) is 0 Å². The fourth-order valence-corrected chi connectivity index (χ4v) is 2.68. The Kier molecular flexibility index (Phi) is 4.21. The minimum Gasteiger partial charge on any atom is -0.359 e. The Labute approximate surface area is 153 Å². The van der Waals surface area contributed by atoms with E-state index in [0.29, 0.717) is 28.2 Å². The van der Waals surface area contributed by atoms with E-state index in [1.54, 1.807) is 43.6 Å². The molecule has 1 aromatic carbocycles. The van der Waals surface area contributed by atoms with E-state index < -0.39 is 11.5 Å². The molecule has 0 fully saturated rings. The van der Waals surface area contributed by atoms with Gasteiger partial charge in [-0.15, -0.1) is 0 Å². The van der Waals surface area contributed by atoms with Crippen LogP contribution in [0.4, 0.5) is 0 Å². The SMILES string of the molecule is CN(Cc1cc(-c2ccccn2)no1)C(=O)c1nc2ccccc2[nH]c1=O. The Morgan fingerprint density at radius 3 is 2.78 bits per heavy atom. The van der Waals surface area contributed by atoms with Gasteiger partial charge in [-0.05, 0) is 24.3 Å². The third-order valence-corrected chi connectivity index (χ3v) is 4.03. The third kappa shape index (κ3) is 3.32. The van der Waals surface area contributed by atoms with Crippen LogP contribution in [-0.4, -0.2) is 38.0 Å². The molecule has 0 aliphatic rings. The van der Waals surface area contributed by atoms with Crippen molar-refractivity contribution in [2.45, 2.75) is 6.54 Å². The number of nitrogens with one attached hydrogen (secondary N) is 1. The molecule has 0 aliphatic carbocycles. The lowest BCUT2D eigenvalue weighted by atomic mass is 10.2. The Morgan fingerprint density at radius 2 is 1.96 bits per heavy atom. The minimum atomic E-state index is -0.530. The van der Waals surface area contributed by atoms with E-state index in [2.05, 4.69) is 20.1 Å². The van der Waals surface area contributed by atoms with E-state index in [1.165, 1.54) is 4.90 Å². The Morgan fingerprint density at radius 1 is 1.15 bits per heavy atom. The van der Waals surface area contributed by atoms with Crippen LogP contribution < -0.4 is 5.56 Å². The van der Waals surface area contributed by atoms with Gasteiger partial charge in [-0.25, -0.2) is 4.98 Å². The number of pyridine rings is 1. The largest absolute Gasteiger partial charge is 0.359 e. The van der Waals surface area contributed by atoms with Crippen LogP contribution >= 0.6 is 0 Å². The fourth-order valence-electron chi connectivity index (χ4n) is 2.68. The molecular formula is C19H15N5O3. The first kappa shape index (κ1) is 16.6. The van der Waals surface area contributed by atoms with Gasteiger partial charge in [-0.1, -0.05) is 23.4 Å². The molecule has 0 radical (unpaired) electrons. The van der Waals surface area contributed by atoms with Crippen LogP contribution in [0, 0.1) is 0 Å². The zero-order valence-electron chi connectivity index (χ0n) is 14.4. The molecule has 0 spiro atoms. The van der Waals surface area contributed by atoms with Crippen LogP contribution in [0.3, 0.4) is 0 Å². The van der Waals surface area contributed by atoms with E-state index in [0.717, 1.165) is 0 Å². The zero-order valence-corrected chi connectivity index (χ0v) is 14.4. The average molecular weight is 361 g/mol. The molecule has 3 heterocycles. The van der Waals surface area contributed by atoms with Gasteiger partial charge in [0, 0.05) is 19.3 Å². The summed E-state index contributed by atoms with van der Waals surface area (Å²) in [4.78, 5) is 37.3. The van der Waals surface area contributed by atoms with E-state index >= 15 is 0 Å². The third-order valence-electron chi connectivity index (χ3n) is 4.03. The molecule has 0 atom stereocenters. The summed E-state index contributed by atoms with van der Waals surface area (Å²) in [6.07, 6.45) is 1.66. The number of benzene rings is 1. The zero-order chi connectivity index (χ0) is 18.8. The molecule has 1 amide bonds. The van der Waals surface area contributed by atoms with Crippen LogP contribution in [0.5, 0.6) is 0 Å². The maximum absolute atomic E-state index is 12.7. The first-order valence-corrected chi connectivity index (χ1v) is 8.23. The van der Waals surface area contributed by atoms with Gasteiger partial charge in [0.25, 0.3) is 11.5 Å². The molecule has 3 aromatic heterocycles. The van der Waals surface area contributed by atoms with Gasteiger partial charge in [-0.2, -0.15) is 0 Å². The van der Waals surface area contributed by atoms with Crippen molar-refractivity contribution in [1.29, 1.82) is 0 Å². The molecule has 0 unspecified atom stereocenters. The van der Waals surface area contributed by atoms with Crippen molar-refractivity contribution < 1.29 is 9.32 Å². The number of H-pyrrole nitrogens is 1. The maximum atomic E-state index is 12.7. The van der Waals surface area contributed by atoms with Gasteiger partial charge in [-0.3, -0.25) is 14.6 Å². The number of hydrogen-bond donors (Lipinski definition) is 1. The normalized spacial score (nSPS) is 10.9. The monoisotopic (exact) mass is 361 g/mol.